The van der Waals surface area contributed by atoms with Crippen LogP contribution < -0.4 is 0 Å². The van der Waals surface area contributed by atoms with Gasteiger partial charge in [-0.2, -0.15) is 0 Å². The lowest BCUT2D eigenvalue weighted by Crippen LogP contribution is -2.50. The largest absolute Gasteiger partial charge is 0.375 e. The zero-order chi connectivity index (χ0) is 12.4. The third-order valence-electron chi connectivity index (χ3n) is 2.81. The minimum Gasteiger partial charge on any atom is -0.375 e. The number of carbonyl (C=O) groups excluding carboxylic acids is 1. The number of pyridine rings is 1. The maximum Gasteiger partial charge on any atom is 0.272 e. The molecule has 1 aromatic rings. The number of ether oxygens (including phenoxy) is 1. The first-order valence-electron chi connectivity index (χ1n) is 5.62. The molecular formula is C12H15ClN2O2. The lowest BCUT2D eigenvalue weighted by atomic mass is 10.2. The quantitative estimate of drug-likeness (QED) is 0.770. The van der Waals surface area contributed by atoms with Gasteiger partial charge in [0.15, 0.2) is 0 Å². The Morgan fingerprint density at radius 2 is 2.35 bits per heavy atom. The molecule has 2 atom stereocenters. The van der Waals surface area contributed by atoms with Crippen molar-refractivity contribution in [2.45, 2.75) is 26.0 Å². The van der Waals surface area contributed by atoms with Gasteiger partial charge in [0.05, 0.1) is 18.8 Å². The van der Waals surface area contributed by atoms with Crippen molar-refractivity contribution in [2.24, 2.45) is 0 Å². The van der Waals surface area contributed by atoms with Crippen molar-refractivity contribution in [3.05, 3.63) is 29.0 Å². The van der Waals surface area contributed by atoms with Gasteiger partial charge in [0.1, 0.15) is 5.69 Å². The van der Waals surface area contributed by atoms with Crippen LogP contribution in [0.2, 0.25) is 5.02 Å². The van der Waals surface area contributed by atoms with Crippen LogP contribution in [0.5, 0.6) is 0 Å². The number of aromatic nitrogens is 1. The Kier molecular flexibility index (Phi) is 3.64. The summed E-state index contributed by atoms with van der Waals surface area (Å²) < 4.78 is 5.49. The molecule has 5 heteroatoms. The van der Waals surface area contributed by atoms with Gasteiger partial charge in [-0.3, -0.25) is 9.78 Å². The van der Waals surface area contributed by atoms with Crippen LogP contribution in [0.25, 0.3) is 0 Å². The van der Waals surface area contributed by atoms with E-state index in [1.54, 1.807) is 23.2 Å². The maximum atomic E-state index is 12.3. The van der Waals surface area contributed by atoms with Gasteiger partial charge >= 0.3 is 0 Å². The van der Waals surface area contributed by atoms with Gasteiger partial charge in [-0.15, -0.1) is 0 Å². The molecule has 1 fully saturated rings. The van der Waals surface area contributed by atoms with E-state index in [0.717, 1.165) is 0 Å². The summed E-state index contributed by atoms with van der Waals surface area (Å²) in [6, 6.07) is 3.32. The molecule has 0 aromatic carbocycles. The molecule has 92 valence electrons. The van der Waals surface area contributed by atoms with Crippen molar-refractivity contribution in [3.63, 3.8) is 0 Å². The first kappa shape index (κ1) is 12.3. The Hall–Kier alpha value is -1.13. The molecule has 0 bridgehead atoms. The predicted octanol–water partition coefficient (Wildman–Crippen LogP) is 1.98. The highest BCUT2D eigenvalue weighted by Gasteiger charge is 2.28. The molecule has 1 saturated heterocycles. The summed E-state index contributed by atoms with van der Waals surface area (Å²) in [7, 11) is 0. The fourth-order valence-electron chi connectivity index (χ4n) is 1.86. The zero-order valence-electron chi connectivity index (χ0n) is 9.89. The highest BCUT2D eigenvalue weighted by atomic mass is 35.5. The molecule has 1 aromatic heterocycles. The minimum atomic E-state index is -0.0878. The normalized spacial score (nSPS) is 24.8. The summed E-state index contributed by atoms with van der Waals surface area (Å²) in [6.07, 6.45) is 1.61. The lowest BCUT2D eigenvalue weighted by molar-refractivity contribution is -0.0389. The van der Waals surface area contributed by atoms with E-state index in [4.69, 9.17) is 16.3 Å². The van der Waals surface area contributed by atoms with Crippen LogP contribution in [-0.4, -0.2) is 41.1 Å². The van der Waals surface area contributed by atoms with Crippen molar-refractivity contribution in [1.29, 1.82) is 0 Å². The first-order valence-corrected chi connectivity index (χ1v) is 6.00. The summed E-state index contributed by atoms with van der Waals surface area (Å²) in [4.78, 5) is 18.1. The second kappa shape index (κ2) is 5.02. The topological polar surface area (TPSA) is 42.4 Å². The van der Waals surface area contributed by atoms with Gasteiger partial charge in [-0.25, -0.2) is 0 Å². The number of nitrogens with zero attached hydrogens (tertiary/aromatic N) is 2. The average Bonchev–Trinajstić information content (AvgIpc) is 2.31. The smallest absolute Gasteiger partial charge is 0.272 e. The van der Waals surface area contributed by atoms with Crippen LogP contribution >= 0.6 is 11.6 Å². The predicted molar refractivity (Wildman–Crippen MR) is 65.2 cm³/mol. The van der Waals surface area contributed by atoms with E-state index < -0.39 is 0 Å². The van der Waals surface area contributed by atoms with Crippen LogP contribution in [0, 0.1) is 0 Å². The van der Waals surface area contributed by atoms with E-state index in [2.05, 4.69) is 4.98 Å². The van der Waals surface area contributed by atoms with E-state index in [0.29, 0.717) is 23.9 Å². The minimum absolute atomic E-state index is 0.0642. The number of morpholine rings is 1. The molecule has 0 aliphatic carbocycles. The Morgan fingerprint density at radius 1 is 1.59 bits per heavy atom. The Morgan fingerprint density at radius 3 is 3.06 bits per heavy atom. The number of rotatable bonds is 1. The summed E-state index contributed by atoms with van der Waals surface area (Å²) in [6.45, 7) is 5.08. The molecule has 0 spiro atoms. The molecule has 2 rings (SSSR count). The monoisotopic (exact) mass is 254 g/mol. The van der Waals surface area contributed by atoms with Crippen LogP contribution in [0.4, 0.5) is 0 Å². The third-order valence-corrected chi connectivity index (χ3v) is 3.04. The molecule has 0 saturated carbocycles. The van der Waals surface area contributed by atoms with Crippen LogP contribution in [-0.2, 0) is 4.74 Å². The van der Waals surface area contributed by atoms with Crippen LogP contribution in [0.3, 0.4) is 0 Å². The van der Waals surface area contributed by atoms with Gasteiger partial charge < -0.3 is 9.64 Å². The molecular weight excluding hydrogens is 240 g/mol. The third kappa shape index (κ3) is 2.76. The van der Waals surface area contributed by atoms with E-state index >= 15 is 0 Å². The van der Waals surface area contributed by atoms with Gasteiger partial charge in [-0.05, 0) is 26.0 Å². The van der Waals surface area contributed by atoms with Crippen molar-refractivity contribution >= 4 is 17.5 Å². The number of hydrogen-bond donors (Lipinski definition) is 0. The number of hydrogen-bond acceptors (Lipinski definition) is 3. The summed E-state index contributed by atoms with van der Waals surface area (Å²) >= 11 is 5.86. The summed E-state index contributed by atoms with van der Waals surface area (Å²) in [5, 5.41) is 0.525. The first-order chi connectivity index (χ1) is 8.08. The van der Waals surface area contributed by atoms with Crippen molar-refractivity contribution in [1.82, 2.24) is 9.88 Å². The lowest BCUT2D eigenvalue weighted by Gasteiger charge is -2.36. The molecule has 1 aliphatic rings. The molecule has 1 aliphatic heterocycles. The highest BCUT2D eigenvalue weighted by Crippen LogP contribution is 2.16. The second-order valence-corrected chi connectivity index (χ2v) is 4.75. The van der Waals surface area contributed by atoms with Gasteiger partial charge in [0.25, 0.3) is 5.91 Å². The second-order valence-electron chi connectivity index (χ2n) is 4.31. The molecule has 0 radical (unpaired) electrons. The Balaban J connectivity index is 2.18. The van der Waals surface area contributed by atoms with Crippen molar-refractivity contribution in [3.8, 4) is 0 Å². The van der Waals surface area contributed by atoms with Crippen molar-refractivity contribution in [2.75, 3.05) is 13.2 Å². The summed E-state index contributed by atoms with van der Waals surface area (Å²) in [5.74, 6) is -0.0878. The SMILES string of the molecule is C[C@@H]1CO[C@@H](C)CN1C(=O)c1cc(Cl)ccn1. The van der Waals surface area contributed by atoms with E-state index in [9.17, 15) is 4.79 Å². The van der Waals surface area contributed by atoms with Crippen LogP contribution in [0.15, 0.2) is 18.3 Å². The molecule has 4 nitrogen and oxygen atoms in total. The van der Waals surface area contributed by atoms with Crippen molar-refractivity contribution < 1.29 is 9.53 Å². The Labute approximate surface area is 106 Å². The molecule has 17 heavy (non-hydrogen) atoms. The van der Waals surface area contributed by atoms with Gasteiger partial charge in [-0.1, -0.05) is 11.6 Å². The summed E-state index contributed by atoms with van der Waals surface area (Å²) in [5.41, 5.74) is 0.387. The molecule has 0 unspecified atom stereocenters. The van der Waals surface area contributed by atoms with Gasteiger partial charge in [0.2, 0.25) is 0 Å². The standard InChI is InChI=1S/C12H15ClN2O2/c1-8-7-17-9(2)6-15(8)12(16)11-5-10(13)3-4-14-11/h3-5,8-9H,6-7H2,1-2H3/t8-,9+/m1/s1. The number of halogens is 1. The average molecular weight is 255 g/mol. The molecule has 1 amide bonds. The molecule has 2 heterocycles. The molecule has 0 N–H and O–H groups in total. The highest BCUT2D eigenvalue weighted by molar-refractivity contribution is 6.30. The number of amides is 1. The Bertz CT molecular complexity index is 425. The van der Waals surface area contributed by atoms with E-state index in [1.807, 2.05) is 13.8 Å². The van der Waals surface area contributed by atoms with E-state index in [1.165, 1.54) is 0 Å². The van der Waals surface area contributed by atoms with Gasteiger partial charge in [0, 0.05) is 17.8 Å². The fourth-order valence-corrected chi connectivity index (χ4v) is 2.01. The number of carbonyl (C=O) groups is 1. The fraction of sp³-hybridized carbons (Fsp3) is 0.500. The zero-order valence-corrected chi connectivity index (χ0v) is 10.6. The van der Waals surface area contributed by atoms with E-state index in [-0.39, 0.29) is 18.1 Å². The van der Waals surface area contributed by atoms with Crippen LogP contribution in [0.1, 0.15) is 24.3 Å². The maximum absolute atomic E-state index is 12.3.